The number of rotatable bonds is 7. The molecule has 2 N–H and O–H groups in total. The third-order valence-corrected chi connectivity index (χ3v) is 3.81. The van der Waals surface area contributed by atoms with Crippen LogP contribution in [-0.4, -0.2) is 24.0 Å². The van der Waals surface area contributed by atoms with Crippen molar-refractivity contribution in [1.82, 2.24) is 10.6 Å². The van der Waals surface area contributed by atoms with E-state index in [0.29, 0.717) is 24.6 Å². The molecule has 0 aliphatic rings. The Morgan fingerprint density at radius 2 is 1.88 bits per heavy atom. The monoisotopic (exact) mass is 360 g/mol. The van der Waals surface area contributed by atoms with Gasteiger partial charge in [-0.3, -0.25) is 10.1 Å². The van der Waals surface area contributed by atoms with Crippen molar-refractivity contribution in [3.8, 4) is 0 Å². The van der Waals surface area contributed by atoms with Crippen LogP contribution in [-0.2, 0) is 13.0 Å². The zero-order valence-electron chi connectivity index (χ0n) is 14.0. The number of nitrogens with zero attached hydrogens (tertiary/aromatic N) is 2. The zero-order valence-corrected chi connectivity index (χ0v) is 14.8. The summed E-state index contributed by atoms with van der Waals surface area (Å²) in [7, 11) is 0. The molecule has 0 atom stereocenters. The molecule has 0 aliphatic heterocycles. The first-order valence-electron chi connectivity index (χ1n) is 8.09. The number of hydrogen-bond acceptors (Lipinski definition) is 3. The molecule has 0 aromatic heterocycles. The predicted octanol–water partition coefficient (Wildman–Crippen LogP) is 3.55. The summed E-state index contributed by atoms with van der Waals surface area (Å²) in [4.78, 5) is 15.1. The standard InChI is InChI=1S/C18H21ClN4O2/c1-2-20-18(21-12-11-14-7-9-16(19)10-8-14)22-13-15-5-3-4-6-17(15)23(24)25/h3-10H,2,11-13H2,1H3,(H2,20,21,22). The fourth-order valence-corrected chi connectivity index (χ4v) is 2.43. The highest BCUT2D eigenvalue weighted by molar-refractivity contribution is 6.30. The molecule has 0 saturated carbocycles. The summed E-state index contributed by atoms with van der Waals surface area (Å²) in [5.74, 6) is 0.634. The van der Waals surface area contributed by atoms with Crippen LogP contribution in [0, 0.1) is 10.1 Å². The van der Waals surface area contributed by atoms with E-state index in [4.69, 9.17) is 11.6 Å². The van der Waals surface area contributed by atoms with E-state index in [1.54, 1.807) is 18.2 Å². The Bertz CT molecular complexity index is 732. The van der Waals surface area contributed by atoms with Crippen LogP contribution in [0.1, 0.15) is 18.1 Å². The van der Waals surface area contributed by atoms with Gasteiger partial charge in [0.1, 0.15) is 0 Å². The summed E-state index contributed by atoms with van der Waals surface area (Å²) in [5.41, 5.74) is 1.84. The van der Waals surface area contributed by atoms with Gasteiger partial charge in [-0.2, -0.15) is 0 Å². The van der Waals surface area contributed by atoms with E-state index in [1.807, 2.05) is 31.2 Å². The van der Waals surface area contributed by atoms with E-state index < -0.39 is 0 Å². The third kappa shape index (κ3) is 6.08. The molecule has 0 aliphatic carbocycles. The van der Waals surface area contributed by atoms with Crippen LogP contribution in [0.5, 0.6) is 0 Å². The van der Waals surface area contributed by atoms with E-state index in [-0.39, 0.29) is 17.2 Å². The molecule has 0 unspecified atom stereocenters. The molecule has 0 spiro atoms. The topological polar surface area (TPSA) is 79.6 Å². The van der Waals surface area contributed by atoms with Crippen molar-refractivity contribution in [3.05, 3.63) is 74.8 Å². The number of para-hydroxylation sites is 1. The van der Waals surface area contributed by atoms with E-state index in [2.05, 4.69) is 15.6 Å². The quantitative estimate of drug-likeness (QED) is 0.342. The molecule has 0 amide bonds. The second kappa shape index (κ2) is 9.64. The lowest BCUT2D eigenvalue weighted by Gasteiger charge is -2.11. The summed E-state index contributed by atoms with van der Waals surface area (Å²) in [6, 6.07) is 14.3. The summed E-state index contributed by atoms with van der Waals surface area (Å²) in [6.45, 7) is 3.63. The van der Waals surface area contributed by atoms with Gasteiger partial charge in [0.05, 0.1) is 17.0 Å². The summed E-state index contributed by atoms with van der Waals surface area (Å²) >= 11 is 5.88. The molecule has 0 bridgehead atoms. The summed E-state index contributed by atoms with van der Waals surface area (Å²) in [5, 5.41) is 18.2. The van der Waals surface area contributed by atoms with Gasteiger partial charge >= 0.3 is 0 Å². The van der Waals surface area contributed by atoms with Crippen molar-refractivity contribution < 1.29 is 4.92 Å². The van der Waals surface area contributed by atoms with Gasteiger partial charge < -0.3 is 10.6 Å². The zero-order chi connectivity index (χ0) is 18.1. The van der Waals surface area contributed by atoms with Gasteiger partial charge in [-0.15, -0.1) is 0 Å². The van der Waals surface area contributed by atoms with Crippen molar-refractivity contribution in [1.29, 1.82) is 0 Å². The van der Waals surface area contributed by atoms with Crippen molar-refractivity contribution in [3.63, 3.8) is 0 Å². The lowest BCUT2D eigenvalue weighted by atomic mass is 10.1. The number of hydrogen-bond donors (Lipinski definition) is 2. The van der Waals surface area contributed by atoms with Crippen LogP contribution >= 0.6 is 11.6 Å². The number of nitrogens with one attached hydrogen (secondary N) is 2. The third-order valence-electron chi connectivity index (χ3n) is 3.56. The molecule has 0 fully saturated rings. The predicted molar refractivity (Wildman–Crippen MR) is 101 cm³/mol. The number of guanidine groups is 1. The van der Waals surface area contributed by atoms with Gasteiger partial charge in [-0.1, -0.05) is 41.9 Å². The second-order valence-electron chi connectivity index (χ2n) is 5.38. The van der Waals surface area contributed by atoms with Crippen LogP contribution in [0.4, 0.5) is 5.69 Å². The Morgan fingerprint density at radius 1 is 1.16 bits per heavy atom. The molecule has 132 valence electrons. The Morgan fingerprint density at radius 3 is 2.56 bits per heavy atom. The maximum atomic E-state index is 11.1. The normalized spacial score (nSPS) is 11.2. The van der Waals surface area contributed by atoms with Crippen LogP contribution < -0.4 is 10.6 Å². The van der Waals surface area contributed by atoms with Crippen LogP contribution in [0.25, 0.3) is 0 Å². The van der Waals surface area contributed by atoms with Gasteiger partial charge in [0.25, 0.3) is 5.69 Å². The van der Waals surface area contributed by atoms with Gasteiger partial charge in [-0.05, 0) is 31.0 Å². The van der Waals surface area contributed by atoms with Gasteiger partial charge in [0, 0.05) is 24.2 Å². The van der Waals surface area contributed by atoms with Crippen molar-refractivity contribution in [2.24, 2.45) is 4.99 Å². The van der Waals surface area contributed by atoms with Crippen LogP contribution in [0.15, 0.2) is 53.5 Å². The highest BCUT2D eigenvalue weighted by Crippen LogP contribution is 2.18. The molecule has 2 aromatic rings. The van der Waals surface area contributed by atoms with Crippen LogP contribution in [0.2, 0.25) is 5.02 Å². The van der Waals surface area contributed by atoms with Gasteiger partial charge in [0.2, 0.25) is 0 Å². The molecule has 2 rings (SSSR count). The summed E-state index contributed by atoms with van der Waals surface area (Å²) in [6.07, 6.45) is 0.826. The van der Waals surface area contributed by atoms with E-state index in [9.17, 15) is 10.1 Å². The minimum absolute atomic E-state index is 0.0864. The maximum absolute atomic E-state index is 11.1. The Kier molecular flexibility index (Phi) is 7.22. The number of nitro benzene ring substituents is 1. The smallest absolute Gasteiger partial charge is 0.274 e. The molecular weight excluding hydrogens is 340 g/mol. The highest BCUT2D eigenvalue weighted by Gasteiger charge is 2.11. The molecule has 0 heterocycles. The average Bonchev–Trinajstić information content (AvgIpc) is 2.61. The Labute approximate surface area is 152 Å². The Hall–Kier alpha value is -2.60. The molecule has 0 radical (unpaired) electrons. The van der Waals surface area contributed by atoms with Crippen molar-refractivity contribution in [2.75, 3.05) is 13.1 Å². The van der Waals surface area contributed by atoms with E-state index >= 15 is 0 Å². The molecule has 2 aromatic carbocycles. The molecule has 25 heavy (non-hydrogen) atoms. The second-order valence-corrected chi connectivity index (χ2v) is 5.82. The maximum Gasteiger partial charge on any atom is 0.274 e. The fraction of sp³-hybridized carbons (Fsp3) is 0.278. The highest BCUT2D eigenvalue weighted by atomic mass is 35.5. The number of nitro groups is 1. The number of halogens is 1. The molecule has 6 nitrogen and oxygen atoms in total. The minimum atomic E-state index is -0.383. The van der Waals surface area contributed by atoms with Gasteiger partial charge in [-0.25, -0.2) is 4.99 Å². The first kappa shape index (κ1) is 18.7. The number of aliphatic imine (C=N–C) groups is 1. The van der Waals surface area contributed by atoms with E-state index in [1.165, 1.54) is 11.6 Å². The SMILES string of the molecule is CCNC(=NCc1ccccc1[N+](=O)[O-])NCCc1ccc(Cl)cc1. The Balaban J connectivity index is 1.96. The average molecular weight is 361 g/mol. The molecular formula is C18H21ClN4O2. The van der Waals surface area contributed by atoms with Crippen molar-refractivity contribution in [2.45, 2.75) is 19.9 Å². The first-order valence-corrected chi connectivity index (χ1v) is 8.47. The number of benzene rings is 2. The largest absolute Gasteiger partial charge is 0.357 e. The fourth-order valence-electron chi connectivity index (χ4n) is 2.30. The first-order chi connectivity index (χ1) is 12.1. The van der Waals surface area contributed by atoms with Crippen LogP contribution in [0.3, 0.4) is 0 Å². The molecule has 7 heteroatoms. The summed E-state index contributed by atoms with van der Waals surface area (Å²) < 4.78 is 0. The minimum Gasteiger partial charge on any atom is -0.357 e. The lowest BCUT2D eigenvalue weighted by Crippen LogP contribution is -2.38. The van der Waals surface area contributed by atoms with E-state index in [0.717, 1.165) is 11.4 Å². The molecule has 0 saturated heterocycles. The van der Waals surface area contributed by atoms with Crippen molar-refractivity contribution >= 4 is 23.2 Å². The van der Waals surface area contributed by atoms with Gasteiger partial charge in [0.15, 0.2) is 5.96 Å². The lowest BCUT2D eigenvalue weighted by molar-refractivity contribution is -0.385.